The van der Waals surface area contributed by atoms with E-state index in [2.05, 4.69) is 48.6 Å². The fourth-order valence-corrected chi connectivity index (χ4v) is 2.90. The molecular formula is C22H36. The molecule has 1 rings (SSSR count). The Kier molecular flexibility index (Phi) is 14.1. The van der Waals surface area contributed by atoms with Crippen LogP contribution in [-0.2, 0) is 0 Å². The Balaban J connectivity index is 2.22. The van der Waals surface area contributed by atoms with Crippen LogP contribution < -0.4 is 0 Å². The lowest BCUT2D eigenvalue weighted by atomic mass is 10.0. The molecule has 0 heterocycles. The third-order valence-electron chi connectivity index (χ3n) is 4.32. The summed E-state index contributed by atoms with van der Waals surface area (Å²) in [5.74, 6) is 0. The lowest BCUT2D eigenvalue weighted by Gasteiger charge is -2.02. The van der Waals surface area contributed by atoms with Crippen molar-refractivity contribution in [1.29, 1.82) is 0 Å². The van der Waals surface area contributed by atoms with Gasteiger partial charge in [0.25, 0.3) is 0 Å². The molecule has 22 heavy (non-hydrogen) atoms. The predicted molar refractivity (Wildman–Crippen MR) is 101 cm³/mol. The highest BCUT2D eigenvalue weighted by Gasteiger charge is 1.93. The van der Waals surface area contributed by atoms with E-state index in [0.29, 0.717) is 0 Å². The van der Waals surface area contributed by atoms with Gasteiger partial charge in [0.05, 0.1) is 0 Å². The molecule has 0 radical (unpaired) electrons. The van der Waals surface area contributed by atoms with Gasteiger partial charge in [0.2, 0.25) is 0 Å². The molecule has 0 aliphatic heterocycles. The Labute approximate surface area is 139 Å². The molecule has 0 amide bonds. The summed E-state index contributed by atoms with van der Waals surface area (Å²) in [5.41, 5.74) is 0. The average Bonchev–Trinajstić information content (AvgIpc) is 2.53. The van der Waals surface area contributed by atoms with Crippen molar-refractivity contribution in [3.05, 3.63) is 48.6 Å². The molecule has 124 valence electrons. The van der Waals surface area contributed by atoms with Crippen molar-refractivity contribution in [2.24, 2.45) is 0 Å². The molecule has 1 aliphatic rings. The molecule has 0 aromatic carbocycles. The summed E-state index contributed by atoms with van der Waals surface area (Å²) in [7, 11) is 0. The summed E-state index contributed by atoms with van der Waals surface area (Å²) in [4.78, 5) is 0. The Hall–Kier alpha value is -1.04. The van der Waals surface area contributed by atoms with Crippen molar-refractivity contribution >= 4 is 0 Å². The van der Waals surface area contributed by atoms with Crippen LogP contribution in [0.1, 0.15) is 89.9 Å². The zero-order chi connectivity index (χ0) is 15.6. The highest BCUT2D eigenvalue weighted by Crippen LogP contribution is 2.13. The van der Waals surface area contributed by atoms with E-state index in [1.165, 1.54) is 89.9 Å². The van der Waals surface area contributed by atoms with Gasteiger partial charge in [-0.25, -0.2) is 0 Å². The normalized spacial score (nSPS) is 21.1. The monoisotopic (exact) mass is 300 g/mol. The van der Waals surface area contributed by atoms with Crippen LogP contribution >= 0.6 is 0 Å². The highest BCUT2D eigenvalue weighted by atomic mass is 14.0. The lowest BCUT2D eigenvalue weighted by Crippen LogP contribution is -1.83. The summed E-state index contributed by atoms with van der Waals surface area (Å²) in [5, 5.41) is 0. The molecule has 0 fully saturated rings. The minimum absolute atomic E-state index is 1.23. The molecule has 0 N–H and O–H groups in total. The van der Waals surface area contributed by atoms with Crippen LogP contribution in [0.2, 0.25) is 0 Å². The first-order valence-corrected chi connectivity index (χ1v) is 9.65. The van der Waals surface area contributed by atoms with Crippen LogP contribution in [0, 0.1) is 0 Å². The van der Waals surface area contributed by atoms with Crippen LogP contribution in [0.4, 0.5) is 0 Å². The van der Waals surface area contributed by atoms with E-state index >= 15 is 0 Å². The van der Waals surface area contributed by atoms with Crippen LogP contribution in [0.5, 0.6) is 0 Å². The van der Waals surface area contributed by atoms with Gasteiger partial charge < -0.3 is 0 Å². The van der Waals surface area contributed by atoms with E-state index in [9.17, 15) is 0 Å². The molecule has 0 aromatic heterocycles. The third-order valence-corrected chi connectivity index (χ3v) is 4.32. The maximum absolute atomic E-state index is 2.30. The van der Waals surface area contributed by atoms with Crippen LogP contribution in [0.15, 0.2) is 48.6 Å². The van der Waals surface area contributed by atoms with Crippen molar-refractivity contribution < 1.29 is 0 Å². The quantitative estimate of drug-likeness (QED) is 0.430. The second-order valence-corrected chi connectivity index (χ2v) is 6.45. The smallest absolute Gasteiger partial charge is 0.0348 e. The zero-order valence-corrected chi connectivity index (χ0v) is 14.5. The van der Waals surface area contributed by atoms with Gasteiger partial charge in [-0.2, -0.15) is 0 Å². The molecule has 0 unspecified atom stereocenters. The molecule has 0 saturated heterocycles. The first-order valence-electron chi connectivity index (χ1n) is 9.65. The fraction of sp³-hybridized carbons (Fsp3) is 0.636. The number of rotatable bonds is 0. The second kappa shape index (κ2) is 16.3. The Morgan fingerprint density at radius 2 is 0.545 bits per heavy atom. The number of hydrogen-bond acceptors (Lipinski definition) is 0. The molecular weight excluding hydrogens is 264 g/mol. The van der Waals surface area contributed by atoms with E-state index in [4.69, 9.17) is 0 Å². The Bertz CT molecular complexity index is 296. The average molecular weight is 301 g/mol. The highest BCUT2D eigenvalue weighted by molar-refractivity contribution is 5.15. The summed E-state index contributed by atoms with van der Waals surface area (Å²) in [6.45, 7) is 0. The Morgan fingerprint density at radius 1 is 0.273 bits per heavy atom. The minimum atomic E-state index is 1.23. The molecule has 0 atom stereocenters. The van der Waals surface area contributed by atoms with Crippen molar-refractivity contribution in [2.45, 2.75) is 89.9 Å². The maximum Gasteiger partial charge on any atom is -0.0348 e. The molecule has 0 aromatic rings. The lowest BCUT2D eigenvalue weighted by molar-refractivity contribution is 0.542. The zero-order valence-electron chi connectivity index (χ0n) is 14.5. The summed E-state index contributed by atoms with van der Waals surface area (Å²) in [6.07, 6.45) is 37.0. The number of hydrogen-bond donors (Lipinski definition) is 0. The predicted octanol–water partition coefficient (Wildman–Crippen LogP) is 7.69. The van der Waals surface area contributed by atoms with Crippen molar-refractivity contribution in [1.82, 2.24) is 0 Å². The number of allylic oxidation sites excluding steroid dienone is 8. The van der Waals surface area contributed by atoms with Crippen LogP contribution in [-0.4, -0.2) is 0 Å². The maximum atomic E-state index is 2.30. The topological polar surface area (TPSA) is 0 Å². The van der Waals surface area contributed by atoms with Gasteiger partial charge in [0.15, 0.2) is 0 Å². The SMILES string of the molecule is C1=CC=CCCCCCCCCCCCCCCC=CC=C1. The van der Waals surface area contributed by atoms with Gasteiger partial charge in [-0.15, -0.1) is 0 Å². The van der Waals surface area contributed by atoms with Gasteiger partial charge in [-0.3, -0.25) is 0 Å². The van der Waals surface area contributed by atoms with E-state index < -0.39 is 0 Å². The summed E-state index contributed by atoms with van der Waals surface area (Å²) >= 11 is 0. The summed E-state index contributed by atoms with van der Waals surface area (Å²) in [6, 6.07) is 0. The first-order chi connectivity index (χ1) is 11.0. The standard InChI is InChI=1S/C22H36/c1-2-4-6-8-10-12-14-16-18-20-22-21-19-17-15-13-11-9-7-5-3-1/h1-8H,9-22H2. The van der Waals surface area contributed by atoms with Gasteiger partial charge in [-0.1, -0.05) is 113 Å². The molecule has 0 nitrogen and oxygen atoms in total. The molecule has 0 bridgehead atoms. The molecule has 1 aliphatic carbocycles. The fourth-order valence-electron chi connectivity index (χ4n) is 2.90. The second-order valence-electron chi connectivity index (χ2n) is 6.45. The van der Waals surface area contributed by atoms with Crippen LogP contribution in [0.3, 0.4) is 0 Å². The van der Waals surface area contributed by atoms with Crippen molar-refractivity contribution in [3.8, 4) is 0 Å². The van der Waals surface area contributed by atoms with Gasteiger partial charge in [0.1, 0.15) is 0 Å². The van der Waals surface area contributed by atoms with Crippen molar-refractivity contribution in [2.75, 3.05) is 0 Å². The van der Waals surface area contributed by atoms with E-state index in [-0.39, 0.29) is 0 Å². The molecule has 0 saturated carbocycles. The van der Waals surface area contributed by atoms with Crippen LogP contribution in [0.25, 0.3) is 0 Å². The van der Waals surface area contributed by atoms with E-state index in [0.717, 1.165) is 0 Å². The molecule has 0 heteroatoms. The van der Waals surface area contributed by atoms with Gasteiger partial charge >= 0.3 is 0 Å². The summed E-state index contributed by atoms with van der Waals surface area (Å²) < 4.78 is 0. The Morgan fingerprint density at radius 3 is 0.909 bits per heavy atom. The molecule has 0 spiro atoms. The van der Waals surface area contributed by atoms with E-state index in [1.54, 1.807) is 0 Å². The van der Waals surface area contributed by atoms with E-state index in [1.807, 2.05) is 0 Å². The first kappa shape index (κ1) is 19.0. The largest absolute Gasteiger partial charge is 0.0845 e. The van der Waals surface area contributed by atoms with Crippen molar-refractivity contribution in [3.63, 3.8) is 0 Å². The minimum Gasteiger partial charge on any atom is -0.0845 e. The van der Waals surface area contributed by atoms with Gasteiger partial charge in [-0.05, 0) is 25.7 Å². The third kappa shape index (κ3) is 13.9. The van der Waals surface area contributed by atoms with Gasteiger partial charge in [0, 0.05) is 0 Å².